The van der Waals surface area contributed by atoms with Gasteiger partial charge in [0.15, 0.2) is 0 Å². The van der Waals surface area contributed by atoms with E-state index in [0.717, 1.165) is 16.5 Å². The molecule has 4 N–H and O–H groups in total. The number of H-pyrrole nitrogens is 2. The number of hydrogen-bond donors (Lipinski definition) is 3. The lowest BCUT2D eigenvalue weighted by Crippen LogP contribution is -2.13. The molecule has 18 heavy (non-hydrogen) atoms. The number of rotatable bonds is 3. The van der Waals surface area contributed by atoms with Gasteiger partial charge in [0.05, 0.1) is 6.04 Å². The van der Waals surface area contributed by atoms with Crippen molar-refractivity contribution in [3.8, 4) is 0 Å². The van der Waals surface area contributed by atoms with Crippen molar-refractivity contribution < 1.29 is 4.42 Å². The molecule has 1 atom stereocenters. The second-order valence-electron chi connectivity index (χ2n) is 4.12. The Morgan fingerprint density at radius 1 is 1.39 bits per heavy atom. The summed E-state index contributed by atoms with van der Waals surface area (Å²) >= 11 is 0. The molecular weight excluding hydrogens is 232 g/mol. The van der Waals surface area contributed by atoms with Crippen molar-refractivity contribution in [1.82, 2.24) is 15.2 Å². The fourth-order valence-electron chi connectivity index (χ4n) is 2.02. The third kappa shape index (κ3) is 1.82. The molecule has 0 spiro atoms. The van der Waals surface area contributed by atoms with Crippen LogP contribution in [0, 0.1) is 0 Å². The van der Waals surface area contributed by atoms with Gasteiger partial charge in [-0.2, -0.15) is 0 Å². The molecule has 1 aromatic carbocycles. The van der Waals surface area contributed by atoms with E-state index in [-0.39, 0.29) is 5.89 Å². The third-order valence-electron chi connectivity index (χ3n) is 2.89. The van der Waals surface area contributed by atoms with Crippen molar-refractivity contribution in [2.45, 2.75) is 12.5 Å². The van der Waals surface area contributed by atoms with E-state index in [9.17, 15) is 4.79 Å². The largest absolute Gasteiger partial charge is 0.434 e. The summed E-state index contributed by atoms with van der Waals surface area (Å²) in [5.41, 5.74) is 8.09. The first kappa shape index (κ1) is 10.8. The Morgan fingerprint density at radius 2 is 2.22 bits per heavy atom. The lowest BCUT2D eigenvalue weighted by atomic mass is 10.1. The van der Waals surface area contributed by atoms with E-state index < -0.39 is 11.8 Å². The fraction of sp³-hybridized carbons (Fsp3) is 0.167. The highest BCUT2D eigenvalue weighted by Gasteiger charge is 2.15. The van der Waals surface area contributed by atoms with E-state index in [0.29, 0.717) is 6.42 Å². The fourth-order valence-corrected chi connectivity index (χ4v) is 2.02. The first-order valence-electron chi connectivity index (χ1n) is 5.60. The van der Waals surface area contributed by atoms with Gasteiger partial charge in [-0.1, -0.05) is 18.2 Å². The van der Waals surface area contributed by atoms with Crippen LogP contribution < -0.4 is 11.5 Å². The molecule has 0 fully saturated rings. The van der Waals surface area contributed by atoms with E-state index >= 15 is 0 Å². The predicted molar refractivity (Wildman–Crippen MR) is 66.1 cm³/mol. The molecule has 0 unspecified atom stereocenters. The molecule has 2 heterocycles. The average molecular weight is 244 g/mol. The van der Waals surface area contributed by atoms with Gasteiger partial charge in [0.2, 0.25) is 5.89 Å². The van der Waals surface area contributed by atoms with Gasteiger partial charge in [-0.25, -0.2) is 9.89 Å². The summed E-state index contributed by atoms with van der Waals surface area (Å²) < 4.78 is 4.85. The van der Waals surface area contributed by atoms with Gasteiger partial charge in [-0.05, 0) is 18.1 Å². The van der Waals surface area contributed by atoms with E-state index in [1.807, 2.05) is 30.5 Å². The summed E-state index contributed by atoms with van der Waals surface area (Å²) in [7, 11) is 0. The van der Waals surface area contributed by atoms with Crippen molar-refractivity contribution >= 4 is 10.9 Å². The summed E-state index contributed by atoms with van der Waals surface area (Å²) in [5, 5.41) is 7.06. The van der Waals surface area contributed by atoms with Gasteiger partial charge >= 0.3 is 5.76 Å². The van der Waals surface area contributed by atoms with E-state index in [4.69, 9.17) is 10.2 Å². The number of benzene rings is 1. The van der Waals surface area contributed by atoms with Crippen LogP contribution in [0.25, 0.3) is 10.9 Å². The van der Waals surface area contributed by atoms with Gasteiger partial charge in [0.1, 0.15) is 0 Å². The maximum Gasteiger partial charge on any atom is 0.434 e. The Kier molecular flexibility index (Phi) is 2.49. The van der Waals surface area contributed by atoms with Crippen LogP contribution in [0.2, 0.25) is 0 Å². The van der Waals surface area contributed by atoms with Crippen LogP contribution >= 0.6 is 0 Å². The Bertz CT molecular complexity index is 725. The zero-order valence-corrected chi connectivity index (χ0v) is 9.51. The molecule has 0 saturated heterocycles. The van der Waals surface area contributed by atoms with Crippen LogP contribution in [0.4, 0.5) is 0 Å². The number of aromatic amines is 2. The quantitative estimate of drug-likeness (QED) is 0.641. The Labute approximate surface area is 102 Å². The highest BCUT2D eigenvalue weighted by Crippen LogP contribution is 2.21. The highest BCUT2D eigenvalue weighted by molar-refractivity contribution is 5.83. The zero-order valence-electron chi connectivity index (χ0n) is 9.51. The van der Waals surface area contributed by atoms with E-state index in [1.54, 1.807) is 0 Å². The SMILES string of the molecule is N[C@H](Cc1c[nH]c2ccccc12)c1n[nH]c(=O)o1. The van der Waals surface area contributed by atoms with Crippen LogP contribution in [-0.2, 0) is 6.42 Å². The maximum atomic E-state index is 10.9. The summed E-state index contributed by atoms with van der Waals surface area (Å²) in [6.45, 7) is 0. The first-order valence-corrected chi connectivity index (χ1v) is 5.60. The van der Waals surface area contributed by atoms with Crippen LogP contribution in [0.5, 0.6) is 0 Å². The molecule has 0 aliphatic carbocycles. The molecule has 0 aliphatic heterocycles. The number of nitrogens with one attached hydrogen (secondary N) is 2. The Hall–Kier alpha value is -2.34. The number of fused-ring (bicyclic) bond motifs is 1. The van der Waals surface area contributed by atoms with Gasteiger partial charge in [-0.15, -0.1) is 5.10 Å². The molecule has 0 radical (unpaired) electrons. The first-order chi connectivity index (χ1) is 8.74. The van der Waals surface area contributed by atoms with Crippen molar-refractivity contribution in [2.75, 3.05) is 0 Å². The summed E-state index contributed by atoms with van der Waals surface area (Å²) in [5.74, 6) is -0.357. The second-order valence-corrected chi connectivity index (χ2v) is 4.12. The smallest absolute Gasteiger partial charge is 0.391 e. The second kappa shape index (κ2) is 4.15. The van der Waals surface area contributed by atoms with Crippen LogP contribution in [0.15, 0.2) is 39.7 Å². The number of nitrogens with zero attached hydrogens (tertiary/aromatic N) is 1. The summed E-state index contributed by atoms with van der Waals surface area (Å²) in [6.07, 6.45) is 2.47. The van der Waals surface area contributed by atoms with E-state index in [2.05, 4.69) is 15.2 Å². The van der Waals surface area contributed by atoms with Gasteiger partial charge < -0.3 is 15.1 Å². The van der Waals surface area contributed by atoms with Gasteiger partial charge in [0.25, 0.3) is 0 Å². The monoisotopic (exact) mass is 244 g/mol. The minimum absolute atomic E-state index is 0.227. The lowest BCUT2D eigenvalue weighted by molar-refractivity contribution is 0.425. The summed E-state index contributed by atoms with van der Waals surface area (Å²) in [6, 6.07) is 7.52. The Morgan fingerprint density at radius 3 is 3.00 bits per heavy atom. The topological polar surface area (TPSA) is 101 Å². The minimum atomic E-state index is -0.584. The Balaban J connectivity index is 1.90. The number of aromatic nitrogens is 3. The zero-order chi connectivity index (χ0) is 12.5. The summed E-state index contributed by atoms with van der Waals surface area (Å²) in [4.78, 5) is 14.0. The van der Waals surface area contributed by atoms with Crippen molar-refractivity contribution in [1.29, 1.82) is 0 Å². The molecule has 0 bridgehead atoms. The minimum Gasteiger partial charge on any atom is -0.391 e. The number of nitrogens with two attached hydrogens (primary N) is 1. The molecule has 2 aromatic heterocycles. The van der Waals surface area contributed by atoms with Crippen LogP contribution in [0.3, 0.4) is 0 Å². The van der Waals surface area contributed by atoms with Crippen LogP contribution in [-0.4, -0.2) is 15.2 Å². The maximum absolute atomic E-state index is 10.9. The van der Waals surface area contributed by atoms with E-state index in [1.165, 1.54) is 0 Å². The molecule has 6 heteroatoms. The number of hydrogen-bond acceptors (Lipinski definition) is 4. The molecule has 92 valence electrons. The van der Waals surface area contributed by atoms with Crippen LogP contribution in [0.1, 0.15) is 17.5 Å². The standard InChI is InChI=1S/C12H12N4O2/c13-9(11-15-16-12(17)18-11)5-7-6-14-10-4-2-1-3-8(7)10/h1-4,6,9,14H,5,13H2,(H,16,17)/t9-/m1/s1. The molecular formula is C12H12N4O2. The van der Waals surface area contributed by atoms with Crippen molar-refractivity contribution in [2.24, 2.45) is 5.73 Å². The van der Waals surface area contributed by atoms with Crippen molar-refractivity contribution in [3.05, 3.63) is 52.5 Å². The lowest BCUT2D eigenvalue weighted by Gasteiger charge is -2.05. The third-order valence-corrected chi connectivity index (χ3v) is 2.89. The predicted octanol–water partition coefficient (Wildman–Crippen LogP) is 1.09. The number of para-hydroxylation sites is 1. The highest BCUT2D eigenvalue weighted by atomic mass is 16.4. The van der Waals surface area contributed by atoms with Crippen molar-refractivity contribution in [3.63, 3.8) is 0 Å². The van der Waals surface area contributed by atoms with Gasteiger partial charge in [-0.3, -0.25) is 0 Å². The normalized spacial score (nSPS) is 12.9. The van der Waals surface area contributed by atoms with Gasteiger partial charge in [0, 0.05) is 17.1 Å². The average Bonchev–Trinajstić information content (AvgIpc) is 2.97. The molecule has 3 aromatic rings. The molecule has 6 nitrogen and oxygen atoms in total. The molecule has 0 amide bonds. The molecule has 0 aliphatic rings. The molecule has 3 rings (SSSR count). The molecule has 0 saturated carbocycles.